The molecular formula is C17H14FN2O. The molecule has 1 heterocycles. The fraction of sp³-hybridized carbons (Fsp3) is 0.235. The van der Waals surface area contributed by atoms with Crippen molar-refractivity contribution in [2.45, 2.75) is 25.3 Å². The molecule has 3 nitrogen and oxygen atoms in total. The minimum absolute atomic E-state index is 0.268. The number of halogens is 1. The van der Waals surface area contributed by atoms with E-state index in [0.717, 1.165) is 16.8 Å². The first-order chi connectivity index (χ1) is 10.3. The van der Waals surface area contributed by atoms with Crippen LogP contribution in [0.5, 0.6) is 11.5 Å². The van der Waals surface area contributed by atoms with Crippen molar-refractivity contribution in [3.05, 3.63) is 54.6 Å². The SMILES string of the molecule is Fc1ccc(Oc2ccc3n[c]n(C4CCC4)c3c2)cc1. The predicted octanol–water partition coefficient (Wildman–Crippen LogP) is 4.49. The molecule has 0 bridgehead atoms. The summed E-state index contributed by atoms with van der Waals surface area (Å²) in [5.74, 6) is 1.08. The van der Waals surface area contributed by atoms with Gasteiger partial charge in [0.25, 0.3) is 0 Å². The van der Waals surface area contributed by atoms with E-state index in [1.165, 1.54) is 31.4 Å². The lowest BCUT2D eigenvalue weighted by Crippen LogP contribution is -2.16. The van der Waals surface area contributed by atoms with Crippen molar-refractivity contribution in [1.29, 1.82) is 0 Å². The van der Waals surface area contributed by atoms with Crippen molar-refractivity contribution in [3.8, 4) is 11.5 Å². The van der Waals surface area contributed by atoms with Crippen molar-refractivity contribution in [2.75, 3.05) is 0 Å². The Labute approximate surface area is 122 Å². The number of benzene rings is 2. The van der Waals surface area contributed by atoms with Crippen molar-refractivity contribution in [3.63, 3.8) is 0 Å². The summed E-state index contributed by atoms with van der Waals surface area (Å²) in [7, 11) is 0. The third-order valence-corrected chi connectivity index (χ3v) is 3.97. The standard InChI is InChI=1S/C17H14FN2O/c18-12-4-6-14(7-5-12)21-15-8-9-16-17(10-15)20(11-19-16)13-2-1-3-13/h4-10,13H,1-3H2. The highest BCUT2D eigenvalue weighted by molar-refractivity contribution is 5.77. The smallest absolute Gasteiger partial charge is 0.177 e. The molecule has 2 aromatic carbocycles. The van der Waals surface area contributed by atoms with Gasteiger partial charge in [0.05, 0.1) is 11.0 Å². The van der Waals surface area contributed by atoms with Gasteiger partial charge in [-0.2, -0.15) is 0 Å². The maximum absolute atomic E-state index is 12.9. The zero-order chi connectivity index (χ0) is 14.2. The summed E-state index contributed by atoms with van der Waals surface area (Å²) < 4.78 is 20.8. The van der Waals surface area contributed by atoms with Crippen LogP contribution in [0.15, 0.2) is 42.5 Å². The van der Waals surface area contributed by atoms with Crippen molar-refractivity contribution >= 4 is 11.0 Å². The Balaban J connectivity index is 1.67. The summed E-state index contributed by atoms with van der Waals surface area (Å²) >= 11 is 0. The lowest BCUT2D eigenvalue weighted by Gasteiger charge is -2.27. The second-order valence-electron chi connectivity index (χ2n) is 5.37. The highest BCUT2D eigenvalue weighted by Gasteiger charge is 2.21. The first-order valence-electron chi connectivity index (χ1n) is 7.13. The van der Waals surface area contributed by atoms with Gasteiger partial charge in [-0.1, -0.05) is 0 Å². The Hall–Kier alpha value is -2.36. The molecule has 1 fully saturated rings. The number of hydrogen-bond donors (Lipinski definition) is 0. The summed E-state index contributed by atoms with van der Waals surface area (Å²) in [5, 5.41) is 0. The van der Waals surface area contributed by atoms with Gasteiger partial charge in [-0.15, -0.1) is 0 Å². The average Bonchev–Trinajstić information content (AvgIpc) is 2.83. The highest BCUT2D eigenvalue weighted by atomic mass is 19.1. The maximum atomic E-state index is 12.9. The summed E-state index contributed by atoms with van der Waals surface area (Å²) in [5.41, 5.74) is 1.97. The van der Waals surface area contributed by atoms with Crippen LogP contribution in [0.2, 0.25) is 0 Å². The second-order valence-corrected chi connectivity index (χ2v) is 5.37. The number of aromatic nitrogens is 2. The molecule has 0 atom stereocenters. The molecule has 1 aromatic heterocycles. The molecule has 3 aromatic rings. The quantitative estimate of drug-likeness (QED) is 0.707. The predicted molar refractivity (Wildman–Crippen MR) is 77.9 cm³/mol. The van der Waals surface area contributed by atoms with Crippen molar-refractivity contribution in [1.82, 2.24) is 9.55 Å². The Bertz CT molecular complexity index is 775. The van der Waals surface area contributed by atoms with Crippen LogP contribution in [-0.4, -0.2) is 9.55 Å². The van der Waals surface area contributed by atoms with Crippen LogP contribution in [0.4, 0.5) is 4.39 Å². The third-order valence-electron chi connectivity index (χ3n) is 3.97. The highest BCUT2D eigenvalue weighted by Crippen LogP contribution is 2.35. The molecule has 0 unspecified atom stereocenters. The second kappa shape index (κ2) is 4.88. The minimum Gasteiger partial charge on any atom is -0.457 e. The Kier molecular flexibility index (Phi) is 2.88. The topological polar surface area (TPSA) is 27.1 Å². The molecule has 21 heavy (non-hydrogen) atoms. The molecule has 0 aliphatic heterocycles. The molecule has 1 radical (unpaired) electrons. The lowest BCUT2D eigenvalue weighted by molar-refractivity contribution is 0.318. The van der Waals surface area contributed by atoms with E-state index >= 15 is 0 Å². The number of rotatable bonds is 3. The van der Waals surface area contributed by atoms with E-state index in [-0.39, 0.29) is 5.82 Å². The molecule has 1 saturated carbocycles. The zero-order valence-corrected chi connectivity index (χ0v) is 11.4. The molecule has 4 heteroatoms. The molecule has 4 rings (SSSR count). The van der Waals surface area contributed by atoms with Gasteiger partial charge in [-0.05, 0) is 55.7 Å². The summed E-state index contributed by atoms with van der Waals surface area (Å²) in [6, 6.07) is 12.3. The fourth-order valence-corrected chi connectivity index (χ4v) is 2.58. The minimum atomic E-state index is -0.268. The lowest BCUT2D eigenvalue weighted by atomic mass is 9.93. The number of ether oxygens (including phenoxy) is 1. The van der Waals surface area contributed by atoms with E-state index in [9.17, 15) is 4.39 Å². The fourth-order valence-electron chi connectivity index (χ4n) is 2.58. The van der Waals surface area contributed by atoms with E-state index in [0.29, 0.717) is 11.8 Å². The van der Waals surface area contributed by atoms with Gasteiger partial charge in [0.15, 0.2) is 6.33 Å². The van der Waals surface area contributed by atoms with Gasteiger partial charge in [0.1, 0.15) is 17.3 Å². The monoisotopic (exact) mass is 281 g/mol. The summed E-state index contributed by atoms with van der Waals surface area (Å²) in [6.45, 7) is 0. The van der Waals surface area contributed by atoms with Crippen LogP contribution in [0, 0.1) is 12.1 Å². The number of hydrogen-bond acceptors (Lipinski definition) is 2. The molecule has 0 N–H and O–H groups in total. The number of nitrogens with zero attached hydrogens (tertiary/aromatic N) is 2. The van der Waals surface area contributed by atoms with Crippen LogP contribution < -0.4 is 4.74 Å². The maximum Gasteiger partial charge on any atom is 0.177 e. The van der Waals surface area contributed by atoms with Crippen LogP contribution in [-0.2, 0) is 0 Å². The number of fused-ring (bicyclic) bond motifs is 1. The summed E-state index contributed by atoms with van der Waals surface area (Å²) in [4.78, 5) is 4.31. The van der Waals surface area contributed by atoms with Gasteiger partial charge in [-0.25, -0.2) is 9.37 Å². The molecule has 1 aliphatic carbocycles. The first kappa shape index (κ1) is 12.4. The average molecular weight is 281 g/mol. The van der Waals surface area contributed by atoms with Gasteiger partial charge < -0.3 is 9.30 Å². The molecule has 105 valence electrons. The normalized spacial score (nSPS) is 15.1. The largest absolute Gasteiger partial charge is 0.457 e. The third kappa shape index (κ3) is 2.27. The Morgan fingerprint density at radius 1 is 1.10 bits per heavy atom. The van der Waals surface area contributed by atoms with Crippen LogP contribution >= 0.6 is 0 Å². The van der Waals surface area contributed by atoms with E-state index in [2.05, 4.69) is 15.9 Å². The Morgan fingerprint density at radius 3 is 2.57 bits per heavy atom. The van der Waals surface area contributed by atoms with Crippen LogP contribution in [0.1, 0.15) is 25.3 Å². The van der Waals surface area contributed by atoms with Gasteiger partial charge in [-0.3, -0.25) is 0 Å². The summed E-state index contributed by atoms with van der Waals surface area (Å²) in [6.07, 6.45) is 6.71. The van der Waals surface area contributed by atoms with Crippen LogP contribution in [0.3, 0.4) is 0 Å². The molecule has 0 amide bonds. The van der Waals surface area contributed by atoms with Crippen LogP contribution in [0.25, 0.3) is 11.0 Å². The van der Waals surface area contributed by atoms with Gasteiger partial charge in [0, 0.05) is 12.1 Å². The molecule has 0 spiro atoms. The van der Waals surface area contributed by atoms with Crippen molar-refractivity contribution in [2.24, 2.45) is 0 Å². The van der Waals surface area contributed by atoms with Crippen molar-refractivity contribution < 1.29 is 9.13 Å². The first-order valence-corrected chi connectivity index (χ1v) is 7.13. The van der Waals surface area contributed by atoms with E-state index in [1.54, 1.807) is 12.1 Å². The Morgan fingerprint density at radius 2 is 1.86 bits per heavy atom. The molecular weight excluding hydrogens is 267 g/mol. The van der Waals surface area contributed by atoms with E-state index in [4.69, 9.17) is 4.74 Å². The van der Waals surface area contributed by atoms with E-state index < -0.39 is 0 Å². The zero-order valence-electron chi connectivity index (χ0n) is 11.4. The van der Waals surface area contributed by atoms with Gasteiger partial charge >= 0.3 is 0 Å². The van der Waals surface area contributed by atoms with E-state index in [1.807, 2.05) is 18.2 Å². The molecule has 1 aliphatic rings. The van der Waals surface area contributed by atoms with Gasteiger partial charge in [0.2, 0.25) is 0 Å². The molecule has 0 saturated heterocycles. The number of imidazole rings is 1.